The molecule has 0 saturated carbocycles. The van der Waals surface area contributed by atoms with Crippen LogP contribution in [0.3, 0.4) is 0 Å². The molecule has 3 aromatic carbocycles. The average molecular weight is 737 g/mol. The van der Waals surface area contributed by atoms with E-state index >= 15 is 0 Å². The Morgan fingerprint density at radius 2 is 1.43 bits per heavy atom. The Kier molecular flexibility index (Phi) is 15.5. The number of anilines is 2. The lowest BCUT2D eigenvalue weighted by Crippen LogP contribution is -2.30. The van der Waals surface area contributed by atoms with E-state index in [1.807, 2.05) is 30.3 Å². The molecule has 4 rings (SSSR count). The van der Waals surface area contributed by atoms with Crippen molar-refractivity contribution in [2.75, 3.05) is 44.4 Å². The van der Waals surface area contributed by atoms with Gasteiger partial charge in [-0.1, -0.05) is 61.4 Å². The number of nitrogens with one attached hydrogen (secondary N) is 6. The largest absolute Gasteiger partial charge is 0.516 e. The van der Waals surface area contributed by atoms with Crippen LogP contribution in [0.15, 0.2) is 97.2 Å². The third-order valence-electron chi connectivity index (χ3n) is 7.72. The summed E-state index contributed by atoms with van der Waals surface area (Å²) in [4.78, 5) is 56.5. The number of carbonyl (C=O) groups is 4. The minimum absolute atomic E-state index is 0.0556. The number of hydrogen-bond donors (Lipinski definition) is 6. The smallest absolute Gasteiger partial charge is 0.484 e. The summed E-state index contributed by atoms with van der Waals surface area (Å²) in [6.45, 7) is 0.634. The number of aromatic nitrogens is 1. The Hall–Kier alpha value is -6.77. The van der Waals surface area contributed by atoms with Crippen molar-refractivity contribution in [2.24, 2.45) is 0 Å². The van der Waals surface area contributed by atoms with Gasteiger partial charge in [0.1, 0.15) is 24.0 Å². The molecule has 54 heavy (non-hydrogen) atoms. The number of amidine groups is 2. The summed E-state index contributed by atoms with van der Waals surface area (Å²) in [6, 6.07) is 24.9. The Balaban J connectivity index is 1.19. The van der Waals surface area contributed by atoms with Crippen LogP contribution in [-0.4, -0.2) is 79.4 Å². The van der Waals surface area contributed by atoms with Gasteiger partial charge in [0, 0.05) is 44.5 Å². The monoisotopic (exact) mass is 736 g/mol. The first-order chi connectivity index (χ1) is 26.1. The zero-order chi connectivity index (χ0) is 38.7. The van der Waals surface area contributed by atoms with E-state index in [4.69, 9.17) is 25.0 Å². The van der Waals surface area contributed by atoms with Crippen LogP contribution < -0.4 is 26.0 Å². The third kappa shape index (κ3) is 13.4. The van der Waals surface area contributed by atoms with Crippen LogP contribution in [0.4, 0.5) is 16.3 Å². The number of nitrogens with zero attached hydrogens (tertiary/aromatic N) is 2. The van der Waals surface area contributed by atoms with E-state index in [0.717, 1.165) is 31.2 Å². The minimum atomic E-state index is -0.953. The molecule has 0 spiro atoms. The quantitative estimate of drug-likeness (QED) is 0.0352. The number of amides is 3. The second kappa shape index (κ2) is 20.9. The molecule has 15 nitrogen and oxygen atoms in total. The number of carbonyl (C=O) groups excluding carboxylic acids is 4. The molecule has 0 fully saturated rings. The van der Waals surface area contributed by atoms with Crippen LogP contribution >= 0.6 is 0 Å². The lowest BCUT2D eigenvalue weighted by molar-refractivity contribution is -0.123. The summed E-state index contributed by atoms with van der Waals surface area (Å²) in [5, 5.41) is 26.9. The molecule has 0 bridgehead atoms. The van der Waals surface area contributed by atoms with Crippen LogP contribution in [0.1, 0.15) is 57.5 Å². The standard InChI is InChI=1S/C39H44N8O7/c1-47(2)35(40)28-15-17-29(18-16-28)36(49)45-32-20-19-30(24-31(32)37(50)46-33-14-8-11-21-42-33)52-26-34(48)43-22-9-3-4-10-23-44-38(41)54-39(51)53-25-27-12-6-5-7-13-27/h5-8,11-21,24,40H,3-4,9-10,22-23,25-26H2,1-2H3,(H2,41,44)(H,43,48)(H,45,49)(H,42,46,50). The Morgan fingerprint density at radius 3 is 2.11 bits per heavy atom. The van der Waals surface area contributed by atoms with Crippen LogP contribution in [0.5, 0.6) is 5.75 Å². The van der Waals surface area contributed by atoms with Crippen LogP contribution in [0, 0.1) is 10.8 Å². The topological polar surface area (TPSA) is 208 Å². The van der Waals surface area contributed by atoms with Crippen LogP contribution in [0.2, 0.25) is 0 Å². The molecule has 0 aliphatic rings. The highest BCUT2D eigenvalue weighted by Crippen LogP contribution is 2.24. The number of hydrogen-bond acceptors (Lipinski definition) is 10. The van der Waals surface area contributed by atoms with E-state index in [1.54, 1.807) is 67.5 Å². The number of rotatable bonds is 17. The van der Waals surface area contributed by atoms with Crippen molar-refractivity contribution in [2.45, 2.75) is 32.3 Å². The van der Waals surface area contributed by atoms with E-state index in [2.05, 4.69) is 26.3 Å². The highest BCUT2D eigenvalue weighted by atomic mass is 16.7. The molecule has 0 radical (unpaired) electrons. The summed E-state index contributed by atoms with van der Waals surface area (Å²) in [7, 11) is 3.52. The van der Waals surface area contributed by atoms with Gasteiger partial charge in [0.25, 0.3) is 23.7 Å². The SMILES string of the molecule is CN(C)C(=N)c1ccc(C(=O)Nc2ccc(OCC(=O)NCCCCCCNC(=N)OC(=O)OCc3ccccc3)cc2C(=O)Nc2ccccn2)cc1. The van der Waals surface area contributed by atoms with Crippen molar-refractivity contribution >= 4 is 47.2 Å². The summed E-state index contributed by atoms with van der Waals surface area (Å²) >= 11 is 0. The third-order valence-corrected chi connectivity index (χ3v) is 7.72. The molecule has 0 saturated heterocycles. The van der Waals surface area contributed by atoms with Gasteiger partial charge in [-0.3, -0.25) is 25.2 Å². The molecule has 3 amide bonds. The summed E-state index contributed by atoms with van der Waals surface area (Å²) < 4.78 is 15.5. The second-order valence-electron chi connectivity index (χ2n) is 12.1. The normalized spacial score (nSPS) is 10.3. The predicted octanol–water partition coefficient (Wildman–Crippen LogP) is 5.41. The van der Waals surface area contributed by atoms with Crippen molar-refractivity contribution in [1.29, 1.82) is 10.8 Å². The fourth-order valence-electron chi connectivity index (χ4n) is 4.86. The van der Waals surface area contributed by atoms with Gasteiger partial charge in [-0.25, -0.2) is 9.78 Å². The van der Waals surface area contributed by atoms with Crippen LogP contribution in [-0.2, 0) is 20.9 Å². The summed E-state index contributed by atoms with van der Waals surface area (Å²) in [5.74, 6) is -0.496. The minimum Gasteiger partial charge on any atom is -0.484 e. The zero-order valence-corrected chi connectivity index (χ0v) is 30.1. The second-order valence-corrected chi connectivity index (χ2v) is 12.1. The van der Waals surface area contributed by atoms with E-state index in [1.165, 1.54) is 18.3 Å². The molecule has 0 aliphatic carbocycles. The lowest BCUT2D eigenvalue weighted by Gasteiger charge is -2.15. The van der Waals surface area contributed by atoms with Gasteiger partial charge in [0.2, 0.25) is 0 Å². The Bertz CT molecular complexity index is 1890. The summed E-state index contributed by atoms with van der Waals surface area (Å²) in [5.41, 5.74) is 2.10. The molecule has 1 heterocycles. The van der Waals surface area contributed by atoms with Gasteiger partial charge in [0.15, 0.2) is 6.61 Å². The molecule has 0 unspecified atom stereocenters. The number of ether oxygens (including phenoxy) is 3. The van der Waals surface area contributed by atoms with E-state index < -0.39 is 18.0 Å². The molecule has 15 heteroatoms. The molecule has 0 aliphatic heterocycles. The van der Waals surface area contributed by atoms with E-state index in [9.17, 15) is 19.2 Å². The lowest BCUT2D eigenvalue weighted by atomic mass is 10.1. The fourth-order valence-corrected chi connectivity index (χ4v) is 4.86. The molecule has 4 aromatic rings. The van der Waals surface area contributed by atoms with E-state index in [0.29, 0.717) is 35.9 Å². The van der Waals surface area contributed by atoms with Gasteiger partial charge < -0.3 is 40.4 Å². The Labute approximate surface area is 313 Å². The summed E-state index contributed by atoms with van der Waals surface area (Å²) in [6.07, 6.45) is 3.67. The van der Waals surface area contributed by atoms with Gasteiger partial charge in [-0.2, -0.15) is 0 Å². The highest BCUT2D eigenvalue weighted by Gasteiger charge is 2.18. The van der Waals surface area contributed by atoms with Crippen molar-refractivity contribution in [3.63, 3.8) is 0 Å². The van der Waals surface area contributed by atoms with Crippen molar-refractivity contribution < 1.29 is 33.4 Å². The molecule has 1 aromatic heterocycles. The first-order valence-electron chi connectivity index (χ1n) is 17.2. The van der Waals surface area contributed by atoms with Gasteiger partial charge >= 0.3 is 6.16 Å². The van der Waals surface area contributed by atoms with E-state index in [-0.39, 0.29) is 42.1 Å². The fraction of sp³-hybridized carbons (Fsp3) is 0.256. The maximum absolute atomic E-state index is 13.3. The van der Waals surface area contributed by atoms with Gasteiger partial charge in [-0.15, -0.1) is 0 Å². The van der Waals surface area contributed by atoms with Gasteiger partial charge in [0.05, 0.1) is 11.3 Å². The van der Waals surface area contributed by atoms with Crippen molar-refractivity contribution in [3.05, 3.63) is 119 Å². The predicted molar refractivity (Wildman–Crippen MR) is 204 cm³/mol. The number of pyridine rings is 1. The molecular formula is C39H44N8O7. The molecule has 6 N–H and O–H groups in total. The van der Waals surface area contributed by atoms with Crippen molar-refractivity contribution in [3.8, 4) is 5.75 Å². The average Bonchev–Trinajstić information content (AvgIpc) is 3.18. The molecule has 282 valence electrons. The first-order valence-corrected chi connectivity index (χ1v) is 17.2. The highest BCUT2D eigenvalue weighted by molar-refractivity contribution is 6.12. The zero-order valence-electron chi connectivity index (χ0n) is 30.1. The Morgan fingerprint density at radius 1 is 0.741 bits per heavy atom. The maximum atomic E-state index is 13.3. The molecular weight excluding hydrogens is 692 g/mol. The number of unbranched alkanes of at least 4 members (excludes halogenated alkanes) is 3. The number of benzene rings is 3. The van der Waals surface area contributed by atoms with Crippen molar-refractivity contribution in [1.82, 2.24) is 20.5 Å². The maximum Gasteiger partial charge on any atom is 0.516 e. The van der Waals surface area contributed by atoms with Crippen LogP contribution in [0.25, 0.3) is 0 Å². The van der Waals surface area contributed by atoms with Gasteiger partial charge in [-0.05, 0) is 60.9 Å². The first kappa shape index (κ1) is 40.0. The molecule has 0 atom stereocenters.